The number of ether oxygens (including phenoxy) is 1. The summed E-state index contributed by atoms with van der Waals surface area (Å²) >= 11 is 3.52. The number of aromatic nitrogens is 3. The Morgan fingerprint density at radius 2 is 2.14 bits per heavy atom. The number of anilines is 1. The molecule has 0 aliphatic heterocycles. The van der Waals surface area contributed by atoms with Gasteiger partial charge in [0.25, 0.3) is 0 Å². The number of methoxy groups -OCH3 is 1. The third kappa shape index (κ3) is 3.28. The lowest BCUT2D eigenvalue weighted by Crippen LogP contribution is -2.28. The summed E-state index contributed by atoms with van der Waals surface area (Å²) in [5.74, 6) is 0.796. The van der Waals surface area contributed by atoms with Gasteiger partial charge in [0.15, 0.2) is 5.82 Å². The summed E-state index contributed by atoms with van der Waals surface area (Å²) in [6, 6.07) is 10.5. The van der Waals surface area contributed by atoms with E-state index in [0.29, 0.717) is 6.61 Å². The Bertz CT molecular complexity index is 744. The molecule has 0 fully saturated rings. The number of fused-ring (bicyclic) bond motifs is 1. The summed E-state index contributed by atoms with van der Waals surface area (Å²) < 4.78 is 8.06. The van der Waals surface area contributed by atoms with Gasteiger partial charge in [0.1, 0.15) is 5.52 Å². The first kappa shape index (κ1) is 15.0. The number of nitrogens with zero attached hydrogens (tertiary/aromatic N) is 3. The summed E-state index contributed by atoms with van der Waals surface area (Å²) in [6.45, 7) is 0.601. The standard InChI is InChI=1S/C16H17BrN4O/c1-22-11-13(9-12-5-3-2-4-6-12)20-16-15-14(17)10-19-21(15)8-7-18-16/h2-8,10,13H,9,11H2,1H3,(H,18,20). The van der Waals surface area contributed by atoms with Gasteiger partial charge in [-0.3, -0.25) is 0 Å². The van der Waals surface area contributed by atoms with Crippen molar-refractivity contribution in [3.63, 3.8) is 0 Å². The quantitative estimate of drug-likeness (QED) is 0.733. The van der Waals surface area contributed by atoms with Crippen LogP contribution in [0.4, 0.5) is 5.82 Å². The molecule has 0 aliphatic carbocycles. The van der Waals surface area contributed by atoms with Crippen molar-refractivity contribution in [2.45, 2.75) is 12.5 Å². The van der Waals surface area contributed by atoms with Crippen LogP contribution in [0.5, 0.6) is 0 Å². The maximum Gasteiger partial charge on any atom is 0.153 e. The highest BCUT2D eigenvalue weighted by Crippen LogP contribution is 2.24. The molecular formula is C16H17BrN4O. The van der Waals surface area contributed by atoms with Crippen LogP contribution in [0, 0.1) is 0 Å². The summed E-state index contributed by atoms with van der Waals surface area (Å²) in [5, 5.41) is 7.75. The van der Waals surface area contributed by atoms with Crippen molar-refractivity contribution in [1.29, 1.82) is 0 Å². The molecule has 1 atom stereocenters. The minimum atomic E-state index is 0.132. The van der Waals surface area contributed by atoms with E-state index >= 15 is 0 Å². The second-order valence-electron chi connectivity index (χ2n) is 5.05. The van der Waals surface area contributed by atoms with Crippen molar-refractivity contribution >= 4 is 27.3 Å². The minimum Gasteiger partial charge on any atom is -0.383 e. The van der Waals surface area contributed by atoms with E-state index in [4.69, 9.17) is 4.74 Å². The summed E-state index contributed by atoms with van der Waals surface area (Å²) in [4.78, 5) is 4.45. The molecule has 2 heterocycles. The number of hydrogen-bond acceptors (Lipinski definition) is 4. The van der Waals surface area contributed by atoms with E-state index in [0.717, 1.165) is 22.2 Å². The lowest BCUT2D eigenvalue weighted by atomic mass is 10.1. The van der Waals surface area contributed by atoms with Gasteiger partial charge < -0.3 is 10.1 Å². The normalized spacial score (nSPS) is 12.5. The largest absolute Gasteiger partial charge is 0.383 e. The molecule has 0 bridgehead atoms. The Labute approximate surface area is 137 Å². The van der Waals surface area contributed by atoms with Crippen LogP contribution in [0.2, 0.25) is 0 Å². The lowest BCUT2D eigenvalue weighted by Gasteiger charge is -2.19. The van der Waals surface area contributed by atoms with Crippen LogP contribution in [0.1, 0.15) is 5.56 Å². The van der Waals surface area contributed by atoms with Gasteiger partial charge in [0, 0.05) is 19.5 Å². The predicted octanol–water partition coefficient (Wildman–Crippen LogP) is 3.16. The molecule has 1 N–H and O–H groups in total. The second kappa shape index (κ2) is 6.89. The van der Waals surface area contributed by atoms with Crippen LogP contribution >= 0.6 is 15.9 Å². The van der Waals surface area contributed by atoms with Gasteiger partial charge in [0.2, 0.25) is 0 Å². The van der Waals surface area contributed by atoms with Gasteiger partial charge in [-0.1, -0.05) is 30.3 Å². The Balaban J connectivity index is 1.85. The fourth-order valence-corrected chi connectivity index (χ4v) is 2.92. The summed E-state index contributed by atoms with van der Waals surface area (Å²) in [5.41, 5.74) is 2.19. The molecule has 2 aromatic heterocycles. The zero-order chi connectivity index (χ0) is 15.4. The maximum absolute atomic E-state index is 5.35. The molecule has 6 heteroatoms. The molecule has 114 valence electrons. The van der Waals surface area contributed by atoms with Gasteiger partial charge in [-0.15, -0.1) is 0 Å². The molecule has 0 saturated carbocycles. The second-order valence-corrected chi connectivity index (χ2v) is 5.90. The number of hydrogen-bond donors (Lipinski definition) is 1. The van der Waals surface area contributed by atoms with Gasteiger partial charge >= 0.3 is 0 Å². The monoisotopic (exact) mass is 360 g/mol. The summed E-state index contributed by atoms with van der Waals surface area (Å²) in [6.07, 6.45) is 6.20. The molecule has 0 spiro atoms. The van der Waals surface area contributed by atoms with Crippen LogP contribution in [-0.4, -0.2) is 34.4 Å². The first-order valence-corrected chi connectivity index (χ1v) is 7.84. The molecule has 5 nitrogen and oxygen atoms in total. The molecule has 22 heavy (non-hydrogen) atoms. The highest BCUT2D eigenvalue weighted by Gasteiger charge is 2.14. The van der Waals surface area contributed by atoms with Crippen molar-refractivity contribution in [3.05, 3.63) is 59.0 Å². The van der Waals surface area contributed by atoms with Gasteiger partial charge in [0.05, 0.1) is 23.3 Å². The number of rotatable bonds is 6. The zero-order valence-corrected chi connectivity index (χ0v) is 13.8. The first-order valence-electron chi connectivity index (χ1n) is 7.05. The average molecular weight is 361 g/mol. The van der Waals surface area contributed by atoms with Crippen molar-refractivity contribution < 1.29 is 4.74 Å². The van der Waals surface area contributed by atoms with Crippen LogP contribution < -0.4 is 5.32 Å². The van der Waals surface area contributed by atoms with E-state index in [1.54, 1.807) is 24.0 Å². The molecule has 0 amide bonds. The summed E-state index contributed by atoms with van der Waals surface area (Å²) in [7, 11) is 1.71. The molecule has 3 rings (SSSR count). The highest BCUT2D eigenvalue weighted by atomic mass is 79.9. The van der Waals surface area contributed by atoms with E-state index in [1.165, 1.54) is 5.56 Å². The van der Waals surface area contributed by atoms with E-state index in [9.17, 15) is 0 Å². The maximum atomic E-state index is 5.35. The van der Waals surface area contributed by atoms with Crippen molar-refractivity contribution in [2.75, 3.05) is 19.0 Å². The van der Waals surface area contributed by atoms with E-state index in [2.05, 4.69) is 43.5 Å². The number of nitrogens with one attached hydrogen (secondary N) is 1. The van der Waals surface area contributed by atoms with E-state index < -0.39 is 0 Å². The van der Waals surface area contributed by atoms with Crippen LogP contribution in [0.25, 0.3) is 5.52 Å². The fourth-order valence-electron chi connectivity index (χ4n) is 2.46. The molecule has 0 radical (unpaired) electrons. The average Bonchev–Trinajstić information content (AvgIpc) is 2.91. The number of halogens is 1. The van der Waals surface area contributed by atoms with Crippen LogP contribution in [0.3, 0.4) is 0 Å². The molecule has 0 saturated heterocycles. The predicted molar refractivity (Wildman–Crippen MR) is 90.1 cm³/mol. The Kier molecular flexibility index (Phi) is 4.70. The third-order valence-corrected chi connectivity index (χ3v) is 4.00. The lowest BCUT2D eigenvalue weighted by molar-refractivity contribution is 0.185. The van der Waals surface area contributed by atoms with Gasteiger partial charge in [-0.2, -0.15) is 5.10 Å². The van der Waals surface area contributed by atoms with Crippen LogP contribution in [-0.2, 0) is 11.2 Å². The van der Waals surface area contributed by atoms with Crippen molar-refractivity contribution in [2.24, 2.45) is 0 Å². The van der Waals surface area contributed by atoms with E-state index in [-0.39, 0.29) is 6.04 Å². The molecule has 3 aromatic rings. The smallest absolute Gasteiger partial charge is 0.153 e. The van der Waals surface area contributed by atoms with Gasteiger partial charge in [-0.25, -0.2) is 9.50 Å². The molecule has 1 aromatic carbocycles. The molecule has 0 aliphatic rings. The highest BCUT2D eigenvalue weighted by molar-refractivity contribution is 9.10. The zero-order valence-electron chi connectivity index (χ0n) is 12.2. The number of benzene rings is 1. The van der Waals surface area contributed by atoms with Crippen molar-refractivity contribution in [3.8, 4) is 0 Å². The van der Waals surface area contributed by atoms with E-state index in [1.807, 2.05) is 24.4 Å². The van der Waals surface area contributed by atoms with Crippen LogP contribution in [0.15, 0.2) is 53.4 Å². The SMILES string of the molecule is COCC(Cc1ccccc1)Nc1nccn2ncc(Br)c12. The van der Waals surface area contributed by atoms with Gasteiger partial charge in [-0.05, 0) is 27.9 Å². The first-order chi connectivity index (χ1) is 10.8. The Hall–Kier alpha value is -1.92. The van der Waals surface area contributed by atoms with Crippen molar-refractivity contribution in [1.82, 2.24) is 14.6 Å². The third-order valence-electron chi connectivity index (χ3n) is 3.42. The Morgan fingerprint density at radius 1 is 1.32 bits per heavy atom. The Morgan fingerprint density at radius 3 is 2.91 bits per heavy atom. The molecular weight excluding hydrogens is 344 g/mol. The fraction of sp³-hybridized carbons (Fsp3) is 0.250. The minimum absolute atomic E-state index is 0.132. The molecule has 1 unspecified atom stereocenters. The topological polar surface area (TPSA) is 51.5 Å².